The maximum absolute atomic E-state index is 13.2. The zero-order valence-corrected chi connectivity index (χ0v) is 14.4. The van der Waals surface area contributed by atoms with Crippen LogP contribution in [0.3, 0.4) is 0 Å². The van der Waals surface area contributed by atoms with Crippen LogP contribution in [0.1, 0.15) is 29.3 Å². The van der Waals surface area contributed by atoms with Crippen molar-refractivity contribution in [2.45, 2.75) is 31.8 Å². The van der Waals surface area contributed by atoms with Gasteiger partial charge in [0.05, 0.1) is 11.5 Å². The van der Waals surface area contributed by atoms with E-state index < -0.39 is 29.2 Å². The minimum atomic E-state index is -5.07. The summed E-state index contributed by atoms with van der Waals surface area (Å²) in [4.78, 5) is 22.5. The first-order valence-corrected chi connectivity index (χ1v) is 7.95. The molecule has 1 N–H and O–H groups in total. The maximum atomic E-state index is 13.2. The second-order valence-electron chi connectivity index (χ2n) is 6.29. The molecule has 148 valence electrons. The highest BCUT2D eigenvalue weighted by Gasteiger charge is 2.62. The average molecular weight is 397 g/mol. The molecule has 0 saturated carbocycles. The van der Waals surface area contributed by atoms with E-state index in [4.69, 9.17) is 0 Å². The summed E-state index contributed by atoms with van der Waals surface area (Å²) >= 11 is 0. The van der Waals surface area contributed by atoms with Crippen molar-refractivity contribution >= 4 is 17.3 Å². The highest BCUT2D eigenvalue weighted by atomic mass is 19.4. The second-order valence-corrected chi connectivity index (χ2v) is 6.29. The molecular weight excluding hydrogens is 383 g/mol. The van der Waals surface area contributed by atoms with Gasteiger partial charge in [0.2, 0.25) is 0 Å². The standard InChI is InChI=1S/C16H14F3N5O4/c1-10-6-15(26,16(17,18)19)23(21-10)14(25)12-4-2-11(3-5-12)8-22-9-13(7-20-22)24(27)28/h2-5,7,9,26H,6,8H2,1H3/t15-/m0/s1. The van der Waals surface area contributed by atoms with E-state index in [2.05, 4.69) is 10.2 Å². The van der Waals surface area contributed by atoms with Crippen molar-refractivity contribution in [2.75, 3.05) is 0 Å². The molecule has 1 atom stereocenters. The molecule has 1 aliphatic rings. The van der Waals surface area contributed by atoms with Crippen LogP contribution in [0.15, 0.2) is 41.8 Å². The van der Waals surface area contributed by atoms with E-state index in [1.807, 2.05) is 0 Å². The lowest BCUT2D eigenvalue weighted by Gasteiger charge is -2.32. The number of carbonyl (C=O) groups excluding carboxylic acids is 1. The van der Waals surface area contributed by atoms with Gasteiger partial charge in [0.1, 0.15) is 12.4 Å². The van der Waals surface area contributed by atoms with Gasteiger partial charge in [0.25, 0.3) is 11.6 Å². The first kappa shape index (κ1) is 19.5. The molecule has 0 unspecified atom stereocenters. The van der Waals surface area contributed by atoms with Gasteiger partial charge in [-0.3, -0.25) is 19.6 Å². The van der Waals surface area contributed by atoms with Gasteiger partial charge in [-0.15, -0.1) is 0 Å². The lowest BCUT2D eigenvalue weighted by Crippen LogP contribution is -2.56. The second kappa shape index (κ2) is 6.71. The minimum absolute atomic E-state index is 0.0231. The fraction of sp³-hybridized carbons (Fsp3) is 0.312. The number of hydrogen-bond donors (Lipinski definition) is 1. The number of nitrogens with zero attached hydrogens (tertiary/aromatic N) is 5. The SMILES string of the molecule is CC1=NN(C(=O)c2ccc(Cn3cc([N+](=O)[O-])cn3)cc2)[C@@](O)(C(F)(F)F)C1. The molecule has 1 amide bonds. The monoisotopic (exact) mass is 397 g/mol. The summed E-state index contributed by atoms with van der Waals surface area (Å²) in [5.74, 6) is -1.10. The normalized spacial score (nSPS) is 19.6. The number of hydrazone groups is 1. The van der Waals surface area contributed by atoms with Crippen molar-refractivity contribution in [2.24, 2.45) is 5.10 Å². The minimum Gasteiger partial charge on any atom is -0.362 e. The fourth-order valence-corrected chi connectivity index (χ4v) is 2.75. The molecule has 0 spiro atoms. The molecule has 1 aromatic carbocycles. The third kappa shape index (κ3) is 3.45. The Bertz CT molecular complexity index is 954. The van der Waals surface area contributed by atoms with Crippen molar-refractivity contribution < 1.29 is 28.0 Å². The van der Waals surface area contributed by atoms with E-state index in [0.717, 1.165) is 6.20 Å². The number of benzene rings is 1. The van der Waals surface area contributed by atoms with E-state index in [-0.39, 0.29) is 28.5 Å². The molecule has 12 heteroatoms. The van der Waals surface area contributed by atoms with E-state index in [0.29, 0.717) is 5.56 Å². The molecule has 0 aliphatic carbocycles. The predicted octanol–water partition coefficient (Wildman–Crippen LogP) is 2.31. The summed E-state index contributed by atoms with van der Waals surface area (Å²) in [5, 5.41) is 28.1. The summed E-state index contributed by atoms with van der Waals surface area (Å²) in [6, 6.07) is 5.52. The van der Waals surface area contributed by atoms with E-state index in [1.165, 1.54) is 42.1 Å². The Balaban J connectivity index is 1.79. The Morgan fingerprint density at radius 2 is 2.00 bits per heavy atom. The Kier molecular flexibility index (Phi) is 4.67. The number of amides is 1. The lowest BCUT2D eigenvalue weighted by molar-refractivity contribution is -0.385. The topological polar surface area (TPSA) is 114 Å². The van der Waals surface area contributed by atoms with Gasteiger partial charge < -0.3 is 5.11 Å². The van der Waals surface area contributed by atoms with E-state index in [9.17, 15) is 33.2 Å². The van der Waals surface area contributed by atoms with Crippen LogP contribution in [0.5, 0.6) is 0 Å². The van der Waals surface area contributed by atoms with Gasteiger partial charge in [-0.1, -0.05) is 12.1 Å². The summed E-state index contributed by atoms with van der Waals surface area (Å²) in [7, 11) is 0. The molecule has 3 rings (SSSR count). The van der Waals surface area contributed by atoms with Crippen LogP contribution in [-0.4, -0.2) is 48.3 Å². The average Bonchev–Trinajstić information content (AvgIpc) is 3.19. The first-order valence-electron chi connectivity index (χ1n) is 7.95. The summed E-state index contributed by atoms with van der Waals surface area (Å²) < 4.78 is 41.0. The number of carbonyl (C=O) groups is 1. The summed E-state index contributed by atoms with van der Waals surface area (Å²) in [6.45, 7) is 1.45. The van der Waals surface area contributed by atoms with Gasteiger partial charge in [-0.05, 0) is 24.6 Å². The molecule has 0 bridgehead atoms. The highest BCUT2D eigenvalue weighted by molar-refractivity contribution is 5.97. The van der Waals surface area contributed by atoms with Crippen LogP contribution in [0.25, 0.3) is 0 Å². The van der Waals surface area contributed by atoms with Crippen LogP contribution in [0, 0.1) is 10.1 Å². The summed E-state index contributed by atoms with van der Waals surface area (Å²) in [5.41, 5.74) is -3.08. The van der Waals surface area contributed by atoms with Gasteiger partial charge in [0, 0.05) is 17.7 Å². The highest BCUT2D eigenvalue weighted by Crippen LogP contribution is 2.40. The number of halogens is 3. The van der Waals surface area contributed by atoms with Gasteiger partial charge in [0.15, 0.2) is 0 Å². The quantitative estimate of drug-likeness (QED) is 0.628. The Morgan fingerprint density at radius 3 is 2.54 bits per heavy atom. The molecule has 0 saturated heterocycles. The smallest absolute Gasteiger partial charge is 0.362 e. The molecule has 2 aromatic rings. The Labute approximate surface area is 155 Å². The molecule has 0 fully saturated rings. The van der Waals surface area contributed by atoms with E-state index >= 15 is 0 Å². The van der Waals surface area contributed by atoms with Crippen molar-refractivity contribution in [3.8, 4) is 0 Å². The molecule has 1 aromatic heterocycles. The Hall–Kier alpha value is -3.28. The van der Waals surface area contributed by atoms with Crippen molar-refractivity contribution in [1.29, 1.82) is 0 Å². The van der Waals surface area contributed by atoms with E-state index in [1.54, 1.807) is 0 Å². The van der Waals surface area contributed by atoms with Gasteiger partial charge >= 0.3 is 11.9 Å². The number of aliphatic hydroxyl groups is 1. The predicted molar refractivity (Wildman–Crippen MR) is 89.3 cm³/mol. The maximum Gasteiger partial charge on any atom is 0.438 e. The summed E-state index contributed by atoms with van der Waals surface area (Å²) in [6.07, 6.45) is -3.58. The fourth-order valence-electron chi connectivity index (χ4n) is 2.75. The third-order valence-corrected chi connectivity index (χ3v) is 4.15. The van der Waals surface area contributed by atoms with Crippen LogP contribution in [-0.2, 0) is 6.54 Å². The van der Waals surface area contributed by atoms with Gasteiger partial charge in [-0.2, -0.15) is 28.4 Å². The largest absolute Gasteiger partial charge is 0.438 e. The first-order chi connectivity index (χ1) is 13.0. The molecule has 28 heavy (non-hydrogen) atoms. The number of nitro groups is 1. The van der Waals surface area contributed by atoms with Crippen LogP contribution < -0.4 is 0 Å². The van der Waals surface area contributed by atoms with Crippen molar-refractivity contribution in [3.05, 3.63) is 57.9 Å². The number of hydrogen-bond acceptors (Lipinski definition) is 6. The molecule has 1 aliphatic heterocycles. The Morgan fingerprint density at radius 1 is 1.36 bits per heavy atom. The van der Waals surface area contributed by atoms with Crippen molar-refractivity contribution in [1.82, 2.24) is 14.8 Å². The molecule has 9 nitrogen and oxygen atoms in total. The number of aromatic nitrogens is 2. The molecule has 2 heterocycles. The molecule has 0 radical (unpaired) electrons. The van der Waals surface area contributed by atoms with Gasteiger partial charge in [-0.25, -0.2) is 0 Å². The number of alkyl halides is 3. The third-order valence-electron chi connectivity index (χ3n) is 4.15. The molecular formula is C16H14F3N5O4. The van der Waals surface area contributed by atoms with Crippen molar-refractivity contribution in [3.63, 3.8) is 0 Å². The van der Waals surface area contributed by atoms with Crippen LogP contribution in [0.4, 0.5) is 18.9 Å². The van der Waals surface area contributed by atoms with Crippen LogP contribution >= 0.6 is 0 Å². The lowest BCUT2D eigenvalue weighted by atomic mass is 10.1. The zero-order valence-electron chi connectivity index (χ0n) is 14.4. The van der Waals surface area contributed by atoms with Crippen LogP contribution in [0.2, 0.25) is 0 Å². The zero-order chi connectivity index (χ0) is 20.7. The number of rotatable bonds is 4.